The number of hydrogen-bond acceptors (Lipinski definition) is 2. The Morgan fingerprint density at radius 2 is 0.934 bits per heavy atom. The first-order valence-corrected chi connectivity index (χ1v) is 21.2. The van der Waals surface area contributed by atoms with Crippen LogP contribution in [0, 0.1) is 0 Å². The van der Waals surface area contributed by atoms with E-state index in [-0.39, 0.29) is 5.41 Å². The van der Waals surface area contributed by atoms with Gasteiger partial charge < -0.3 is 9.32 Å². The Morgan fingerprint density at radius 1 is 0.344 bits per heavy atom. The van der Waals surface area contributed by atoms with Gasteiger partial charge in [-0.05, 0) is 103 Å². The summed E-state index contributed by atoms with van der Waals surface area (Å²) < 4.78 is 6.93. The van der Waals surface area contributed by atoms with Crippen LogP contribution in [0.1, 0.15) is 25.0 Å². The maximum atomic E-state index is 6.93. The van der Waals surface area contributed by atoms with E-state index >= 15 is 0 Å². The van der Waals surface area contributed by atoms with Gasteiger partial charge in [0, 0.05) is 44.1 Å². The van der Waals surface area contributed by atoms with E-state index in [1.165, 1.54) is 60.7 Å². The van der Waals surface area contributed by atoms with E-state index in [1.807, 2.05) is 0 Å². The summed E-state index contributed by atoms with van der Waals surface area (Å²) in [5, 5.41) is 7.06. The SMILES string of the molecule is CC1(C)c2ccccc2-c2ccc(N(c3ccc(-c4cccc(-c5cccc6ccccc56)c4)cc3)c3ccccc3-c3cccc4c3oc3c5ccccc5ccc43)cc21. The molecule has 0 N–H and O–H groups in total. The first-order valence-electron chi connectivity index (χ1n) is 21.2. The van der Waals surface area contributed by atoms with Crippen LogP contribution in [0.3, 0.4) is 0 Å². The third kappa shape index (κ3) is 5.56. The highest BCUT2D eigenvalue weighted by molar-refractivity contribution is 6.17. The third-order valence-electron chi connectivity index (χ3n) is 13.1. The number of anilines is 3. The highest BCUT2D eigenvalue weighted by Gasteiger charge is 2.36. The fraction of sp³-hybridized carbons (Fsp3) is 0.0508. The van der Waals surface area contributed by atoms with Gasteiger partial charge in [0.2, 0.25) is 0 Å². The molecule has 12 rings (SSSR count). The van der Waals surface area contributed by atoms with Crippen LogP contribution < -0.4 is 4.90 Å². The molecule has 0 amide bonds. The Bertz CT molecular complexity index is 3510. The maximum absolute atomic E-state index is 6.93. The van der Waals surface area contributed by atoms with E-state index in [2.05, 4.69) is 231 Å². The molecular formula is C59H41NO. The molecule has 0 atom stereocenters. The fourth-order valence-corrected chi connectivity index (χ4v) is 10.0. The molecule has 0 bridgehead atoms. The second-order valence-corrected chi connectivity index (χ2v) is 16.9. The van der Waals surface area contributed by atoms with Crippen molar-refractivity contribution in [3.8, 4) is 44.5 Å². The van der Waals surface area contributed by atoms with Crippen LogP contribution in [0.4, 0.5) is 17.1 Å². The maximum Gasteiger partial charge on any atom is 0.143 e. The molecule has 0 spiro atoms. The lowest BCUT2D eigenvalue weighted by molar-refractivity contribution is 0.660. The van der Waals surface area contributed by atoms with Crippen molar-refractivity contribution >= 4 is 60.5 Å². The number of hydrogen-bond donors (Lipinski definition) is 0. The lowest BCUT2D eigenvalue weighted by Crippen LogP contribution is -2.16. The van der Waals surface area contributed by atoms with Gasteiger partial charge >= 0.3 is 0 Å². The van der Waals surface area contributed by atoms with Crippen molar-refractivity contribution in [1.29, 1.82) is 0 Å². The topological polar surface area (TPSA) is 16.4 Å². The van der Waals surface area contributed by atoms with Gasteiger partial charge in [0.15, 0.2) is 0 Å². The lowest BCUT2D eigenvalue weighted by Gasteiger charge is -2.30. The summed E-state index contributed by atoms with van der Waals surface area (Å²) in [6.07, 6.45) is 0. The number of benzene rings is 10. The molecule has 1 aliphatic rings. The molecule has 0 saturated heterocycles. The van der Waals surface area contributed by atoms with Crippen LogP contribution in [0.2, 0.25) is 0 Å². The van der Waals surface area contributed by atoms with Crippen molar-refractivity contribution in [3.63, 3.8) is 0 Å². The molecule has 288 valence electrons. The van der Waals surface area contributed by atoms with E-state index in [0.717, 1.165) is 55.5 Å². The average Bonchev–Trinajstić information content (AvgIpc) is 3.82. The minimum absolute atomic E-state index is 0.144. The van der Waals surface area contributed by atoms with Gasteiger partial charge in [0.1, 0.15) is 11.2 Å². The minimum atomic E-state index is -0.144. The third-order valence-corrected chi connectivity index (χ3v) is 13.1. The largest absolute Gasteiger partial charge is 0.455 e. The number of nitrogens with zero attached hydrogens (tertiary/aromatic N) is 1. The summed E-state index contributed by atoms with van der Waals surface area (Å²) in [5.41, 5.74) is 17.3. The highest BCUT2D eigenvalue weighted by atomic mass is 16.3. The van der Waals surface area contributed by atoms with Gasteiger partial charge in [-0.15, -0.1) is 0 Å². The Morgan fingerprint density at radius 3 is 1.80 bits per heavy atom. The zero-order valence-corrected chi connectivity index (χ0v) is 34.1. The molecule has 1 heterocycles. The minimum Gasteiger partial charge on any atom is -0.455 e. The quantitative estimate of drug-likeness (QED) is 0.167. The monoisotopic (exact) mass is 779 g/mol. The van der Waals surface area contributed by atoms with Crippen LogP contribution in [0.15, 0.2) is 217 Å². The van der Waals surface area contributed by atoms with Gasteiger partial charge in [0.05, 0.1) is 5.69 Å². The van der Waals surface area contributed by atoms with Crippen LogP contribution in [-0.4, -0.2) is 0 Å². The summed E-state index contributed by atoms with van der Waals surface area (Å²) >= 11 is 0. The second-order valence-electron chi connectivity index (χ2n) is 16.9. The molecule has 2 nitrogen and oxygen atoms in total. The molecule has 1 aromatic heterocycles. The standard InChI is InChI=1S/C59H41NO/c1-59(2)54-26-9-7-21-48(54)49-35-33-44(37-55(49)59)60(43-31-28-38(29-32-43)41-17-11-18-42(36-41)46-23-12-16-39-14-3-5-19-45(39)46)56-27-10-8-22-50(56)51-24-13-25-52-53-34-30-40-15-4-6-20-47(40)57(53)61-58(51)52/h3-37H,1-2H3. The highest BCUT2D eigenvalue weighted by Crippen LogP contribution is 2.52. The first-order chi connectivity index (χ1) is 30.0. The van der Waals surface area contributed by atoms with Gasteiger partial charge in [-0.3, -0.25) is 0 Å². The number of rotatable bonds is 6. The summed E-state index contributed by atoms with van der Waals surface area (Å²) in [6.45, 7) is 4.71. The van der Waals surface area contributed by atoms with Crippen molar-refractivity contribution in [2.75, 3.05) is 4.90 Å². The Kier molecular flexibility index (Phi) is 7.92. The zero-order chi connectivity index (χ0) is 40.7. The molecule has 10 aromatic carbocycles. The predicted molar refractivity (Wildman–Crippen MR) is 257 cm³/mol. The second kappa shape index (κ2) is 13.7. The number of furan rings is 1. The van der Waals surface area contributed by atoms with Crippen molar-refractivity contribution < 1.29 is 4.42 Å². The number of fused-ring (bicyclic) bond motifs is 9. The fourth-order valence-electron chi connectivity index (χ4n) is 10.0. The zero-order valence-electron chi connectivity index (χ0n) is 34.1. The van der Waals surface area contributed by atoms with Gasteiger partial charge in [0.25, 0.3) is 0 Å². The average molecular weight is 780 g/mol. The smallest absolute Gasteiger partial charge is 0.143 e. The van der Waals surface area contributed by atoms with Crippen molar-refractivity contribution in [2.24, 2.45) is 0 Å². The van der Waals surface area contributed by atoms with Gasteiger partial charge in [-0.25, -0.2) is 0 Å². The normalized spacial score (nSPS) is 12.9. The molecule has 1 aliphatic carbocycles. The van der Waals surface area contributed by atoms with Crippen molar-refractivity contribution in [3.05, 3.63) is 223 Å². The Balaban J connectivity index is 1.02. The molecule has 2 heteroatoms. The first kappa shape index (κ1) is 35.3. The molecule has 0 saturated carbocycles. The Labute approximate surface area is 355 Å². The summed E-state index contributed by atoms with van der Waals surface area (Å²) in [6, 6.07) is 77.4. The van der Waals surface area contributed by atoms with E-state index in [4.69, 9.17) is 4.42 Å². The van der Waals surface area contributed by atoms with Crippen molar-refractivity contribution in [1.82, 2.24) is 0 Å². The molecule has 61 heavy (non-hydrogen) atoms. The molecule has 0 unspecified atom stereocenters. The van der Waals surface area contributed by atoms with E-state index in [1.54, 1.807) is 0 Å². The van der Waals surface area contributed by atoms with E-state index in [9.17, 15) is 0 Å². The molecule has 11 aromatic rings. The van der Waals surface area contributed by atoms with E-state index in [0.29, 0.717) is 0 Å². The molecular weight excluding hydrogens is 739 g/mol. The van der Waals surface area contributed by atoms with Gasteiger partial charge in [-0.2, -0.15) is 0 Å². The predicted octanol–water partition coefficient (Wildman–Crippen LogP) is 16.7. The molecule has 0 aliphatic heterocycles. The number of para-hydroxylation sites is 2. The van der Waals surface area contributed by atoms with Crippen LogP contribution in [-0.2, 0) is 5.41 Å². The van der Waals surface area contributed by atoms with Crippen LogP contribution >= 0.6 is 0 Å². The summed E-state index contributed by atoms with van der Waals surface area (Å²) in [7, 11) is 0. The van der Waals surface area contributed by atoms with Crippen molar-refractivity contribution in [2.45, 2.75) is 19.3 Å². The molecule has 0 radical (unpaired) electrons. The van der Waals surface area contributed by atoms with Crippen LogP contribution in [0.25, 0.3) is 88.0 Å². The van der Waals surface area contributed by atoms with Gasteiger partial charge in [-0.1, -0.05) is 184 Å². The molecule has 0 fully saturated rings. The lowest BCUT2D eigenvalue weighted by atomic mass is 9.82. The summed E-state index contributed by atoms with van der Waals surface area (Å²) in [4.78, 5) is 2.43. The van der Waals surface area contributed by atoms with E-state index < -0.39 is 0 Å². The van der Waals surface area contributed by atoms with Crippen LogP contribution in [0.5, 0.6) is 0 Å². The summed E-state index contributed by atoms with van der Waals surface area (Å²) in [5.74, 6) is 0. The Hall–Kier alpha value is -7.68.